The molecule has 0 aliphatic rings. The van der Waals surface area contributed by atoms with E-state index in [1.54, 1.807) is 7.05 Å². The highest BCUT2D eigenvalue weighted by molar-refractivity contribution is 9.10. The fourth-order valence-electron chi connectivity index (χ4n) is 1.54. The van der Waals surface area contributed by atoms with Crippen LogP contribution in [0.4, 0.5) is 13.2 Å². The van der Waals surface area contributed by atoms with Gasteiger partial charge in [0, 0.05) is 6.54 Å². The van der Waals surface area contributed by atoms with Crippen LogP contribution in [0.15, 0.2) is 16.6 Å². The van der Waals surface area contributed by atoms with Gasteiger partial charge in [-0.25, -0.2) is 0 Å². The normalized spacial score (nSPS) is 13.5. The van der Waals surface area contributed by atoms with Crippen LogP contribution in [0.5, 0.6) is 5.75 Å². The van der Waals surface area contributed by atoms with Crippen molar-refractivity contribution in [2.24, 2.45) is 0 Å². The smallest absolute Gasteiger partial charge is 0.420 e. The fraction of sp³-hybridized carbons (Fsp3) is 0.455. The first kappa shape index (κ1) is 15.3. The molecule has 18 heavy (non-hydrogen) atoms. The molecule has 1 rings (SSSR count). The molecule has 0 bridgehead atoms. The van der Waals surface area contributed by atoms with Crippen molar-refractivity contribution >= 4 is 15.9 Å². The second-order valence-electron chi connectivity index (χ2n) is 3.65. The highest BCUT2D eigenvalue weighted by Crippen LogP contribution is 2.41. The molecule has 0 aliphatic carbocycles. The van der Waals surface area contributed by atoms with Crippen LogP contribution < -0.4 is 10.1 Å². The number of rotatable bonds is 4. The van der Waals surface area contributed by atoms with Gasteiger partial charge in [-0.05, 0) is 40.7 Å². The number of hydrogen-bond acceptors (Lipinski definition) is 3. The maximum atomic E-state index is 12.8. The van der Waals surface area contributed by atoms with Gasteiger partial charge in [-0.3, -0.25) is 0 Å². The SMILES string of the molecule is CNCC(O)c1cc(Br)c(OC)c(C(F)(F)F)c1. The third-order valence-electron chi connectivity index (χ3n) is 2.36. The molecule has 1 aromatic carbocycles. The van der Waals surface area contributed by atoms with Crippen LogP contribution in [0.2, 0.25) is 0 Å². The summed E-state index contributed by atoms with van der Waals surface area (Å²) in [6, 6.07) is 2.31. The van der Waals surface area contributed by atoms with E-state index in [9.17, 15) is 18.3 Å². The monoisotopic (exact) mass is 327 g/mol. The predicted molar refractivity (Wildman–Crippen MR) is 64.6 cm³/mol. The van der Waals surface area contributed by atoms with E-state index in [2.05, 4.69) is 21.2 Å². The molecule has 0 saturated heterocycles. The molecule has 3 nitrogen and oxygen atoms in total. The minimum absolute atomic E-state index is 0.157. The Kier molecular flexibility index (Phi) is 5.01. The van der Waals surface area contributed by atoms with E-state index in [-0.39, 0.29) is 22.3 Å². The Labute approximate surface area is 111 Å². The molecule has 0 aliphatic heterocycles. The van der Waals surface area contributed by atoms with Gasteiger partial charge in [0.25, 0.3) is 0 Å². The van der Waals surface area contributed by atoms with Crippen molar-refractivity contribution in [3.8, 4) is 5.75 Å². The van der Waals surface area contributed by atoms with Crippen LogP contribution in [-0.2, 0) is 6.18 Å². The largest absolute Gasteiger partial charge is 0.495 e. The van der Waals surface area contributed by atoms with Crippen molar-refractivity contribution < 1.29 is 23.0 Å². The van der Waals surface area contributed by atoms with Crippen LogP contribution in [0.25, 0.3) is 0 Å². The first-order valence-electron chi connectivity index (χ1n) is 5.08. The van der Waals surface area contributed by atoms with Crippen LogP contribution in [0.1, 0.15) is 17.2 Å². The average Bonchev–Trinajstić information content (AvgIpc) is 2.27. The van der Waals surface area contributed by atoms with Crippen molar-refractivity contribution in [2.75, 3.05) is 20.7 Å². The molecule has 1 atom stereocenters. The number of nitrogens with one attached hydrogen (secondary N) is 1. The summed E-state index contributed by atoms with van der Waals surface area (Å²) >= 11 is 3.01. The van der Waals surface area contributed by atoms with Crippen molar-refractivity contribution in [1.29, 1.82) is 0 Å². The molecule has 7 heteroatoms. The van der Waals surface area contributed by atoms with Gasteiger partial charge < -0.3 is 15.2 Å². The summed E-state index contributed by atoms with van der Waals surface area (Å²) < 4.78 is 43.4. The quantitative estimate of drug-likeness (QED) is 0.893. The molecule has 0 radical (unpaired) electrons. The van der Waals surface area contributed by atoms with Gasteiger partial charge in [0.05, 0.1) is 23.2 Å². The van der Waals surface area contributed by atoms with Crippen molar-refractivity contribution in [3.63, 3.8) is 0 Å². The predicted octanol–water partition coefficient (Wildman–Crippen LogP) is 2.73. The number of likely N-dealkylation sites (N-methyl/N-ethyl adjacent to an activating group) is 1. The third-order valence-corrected chi connectivity index (χ3v) is 2.95. The molecular weight excluding hydrogens is 315 g/mol. The highest BCUT2D eigenvalue weighted by atomic mass is 79.9. The maximum Gasteiger partial charge on any atom is 0.420 e. The maximum absolute atomic E-state index is 12.8. The van der Waals surface area contributed by atoms with Gasteiger partial charge in [0.15, 0.2) is 0 Å². The highest BCUT2D eigenvalue weighted by Gasteiger charge is 2.36. The molecule has 0 spiro atoms. The van der Waals surface area contributed by atoms with Gasteiger partial charge >= 0.3 is 6.18 Å². The molecule has 1 unspecified atom stereocenters. The molecule has 0 fully saturated rings. The lowest BCUT2D eigenvalue weighted by Gasteiger charge is -2.17. The standard InChI is InChI=1S/C11H13BrF3NO2/c1-16-5-9(17)6-3-7(11(13,14)15)10(18-2)8(12)4-6/h3-4,9,16-17H,5H2,1-2H3. The third kappa shape index (κ3) is 3.37. The molecular formula is C11H13BrF3NO2. The van der Waals surface area contributed by atoms with E-state index >= 15 is 0 Å². The van der Waals surface area contributed by atoms with Gasteiger partial charge in [-0.15, -0.1) is 0 Å². The van der Waals surface area contributed by atoms with Crippen LogP contribution >= 0.6 is 15.9 Å². The van der Waals surface area contributed by atoms with Crippen LogP contribution in [0.3, 0.4) is 0 Å². The summed E-state index contributed by atoms with van der Waals surface area (Å²) in [5, 5.41) is 12.4. The Morgan fingerprint density at radius 1 is 1.44 bits per heavy atom. The van der Waals surface area contributed by atoms with E-state index in [4.69, 9.17) is 4.74 Å². The summed E-state index contributed by atoms with van der Waals surface area (Å²) in [5.41, 5.74) is -0.742. The molecule has 0 amide bonds. The van der Waals surface area contributed by atoms with E-state index in [0.29, 0.717) is 0 Å². The average molecular weight is 328 g/mol. The van der Waals surface area contributed by atoms with Crippen molar-refractivity contribution in [2.45, 2.75) is 12.3 Å². The Morgan fingerprint density at radius 2 is 2.06 bits per heavy atom. The second kappa shape index (κ2) is 5.90. The van der Waals surface area contributed by atoms with Crippen LogP contribution in [-0.4, -0.2) is 25.8 Å². The summed E-state index contributed by atoms with van der Waals surface area (Å²) in [5.74, 6) is -0.289. The zero-order valence-corrected chi connectivity index (χ0v) is 11.4. The zero-order chi connectivity index (χ0) is 13.9. The second-order valence-corrected chi connectivity index (χ2v) is 4.51. The van der Waals surface area contributed by atoms with Gasteiger partial charge in [-0.2, -0.15) is 13.2 Å². The van der Waals surface area contributed by atoms with Crippen LogP contribution in [0, 0.1) is 0 Å². The molecule has 0 aromatic heterocycles. The molecule has 0 saturated carbocycles. The Balaban J connectivity index is 3.30. The summed E-state index contributed by atoms with van der Waals surface area (Å²) in [6.45, 7) is 0.163. The Hall–Kier alpha value is -0.790. The minimum Gasteiger partial charge on any atom is -0.495 e. The Morgan fingerprint density at radius 3 is 2.50 bits per heavy atom. The molecule has 0 heterocycles. The lowest BCUT2D eigenvalue weighted by Crippen LogP contribution is -2.18. The number of ether oxygens (including phenoxy) is 1. The first-order valence-corrected chi connectivity index (χ1v) is 5.87. The number of hydrogen-bond donors (Lipinski definition) is 2. The first-order chi connectivity index (χ1) is 8.31. The van der Waals surface area contributed by atoms with Gasteiger partial charge in [-0.1, -0.05) is 0 Å². The Bertz CT molecular complexity index is 423. The number of halogens is 4. The summed E-state index contributed by atoms with van der Waals surface area (Å²) in [4.78, 5) is 0. The number of benzene rings is 1. The van der Waals surface area contributed by atoms with E-state index in [1.807, 2.05) is 0 Å². The fourth-order valence-corrected chi connectivity index (χ4v) is 2.18. The van der Waals surface area contributed by atoms with E-state index in [0.717, 1.165) is 6.07 Å². The molecule has 2 N–H and O–H groups in total. The zero-order valence-electron chi connectivity index (χ0n) is 9.81. The lowest BCUT2D eigenvalue weighted by molar-refractivity contribution is -0.138. The summed E-state index contributed by atoms with van der Waals surface area (Å²) in [7, 11) is 2.77. The number of aliphatic hydroxyl groups excluding tert-OH is 1. The molecule has 1 aromatic rings. The number of alkyl halides is 3. The number of aliphatic hydroxyl groups is 1. The van der Waals surface area contributed by atoms with Crippen molar-refractivity contribution in [1.82, 2.24) is 5.32 Å². The van der Waals surface area contributed by atoms with E-state index in [1.165, 1.54) is 13.2 Å². The van der Waals surface area contributed by atoms with Crippen molar-refractivity contribution in [3.05, 3.63) is 27.7 Å². The molecule has 102 valence electrons. The van der Waals surface area contributed by atoms with Gasteiger partial charge in [0.2, 0.25) is 0 Å². The lowest BCUT2D eigenvalue weighted by atomic mass is 10.0. The summed E-state index contributed by atoms with van der Waals surface area (Å²) in [6.07, 6.45) is -5.55. The minimum atomic E-state index is -4.54. The number of methoxy groups -OCH3 is 1. The van der Waals surface area contributed by atoms with Gasteiger partial charge in [0.1, 0.15) is 5.75 Å². The van der Waals surface area contributed by atoms with E-state index < -0.39 is 17.8 Å². The topological polar surface area (TPSA) is 41.5 Å².